The molecule has 1 aliphatic carbocycles. The molecule has 3 heterocycles. The first-order valence-electron chi connectivity index (χ1n) is 8.62. The summed E-state index contributed by atoms with van der Waals surface area (Å²) in [6.45, 7) is 6.19. The summed E-state index contributed by atoms with van der Waals surface area (Å²) in [6, 6.07) is 2.00. The molecule has 4 rings (SSSR count). The standard InChI is InChI=1S/C17H23N5O/c1-11(2)15-18-8-5-14(19-15)22-9-6-13(7-10-22)17-21-20-16(23-17)12-3-4-12/h5,8,11-13H,3-4,6-7,9-10H2,1-2H3. The van der Waals surface area contributed by atoms with E-state index in [4.69, 9.17) is 9.40 Å². The molecule has 2 aromatic heterocycles. The molecule has 6 nitrogen and oxygen atoms in total. The van der Waals surface area contributed by atoms with Gasteiger partial charge in [0.15, 0.2) is 0 Å². The molecule has 0 spiro atoms. The van der Waals surface area contributed by atoms with E-state index in [9.17, 15) is 0 Å². The van der Waals surface area contributed by atoms with Gasteiger partial charge in [-0.15, -0.1) is 10.2 Å². The first-order valence-corrected chi connectivity index (χ1v) is 8.62. The van der Waals surface area contributed by atoms with E-state index in [0.29, 0.717) is 17.8 Å². The van der Waals surface area contributed by atoms with Gasteiger partial charge in [0.25, 0.3) is 0 Å². The molecule has 122 valence electrons. The fraction of sp³-hybridized carbons (Fsp3) is 0.647. The van der Waals surface area contributed by atoms with E-state index in [0.717, 1.165) is 49.4 Å². The van der Waals surface area contributed by atoms with Crippen LogP contribution in [-0.4, -0.2) is 33.3 Å². The predicted molar refractivity (Wildman–Crippen MR) is 86.6 cm³/mol. The average molecular weight is 313 g/mol. The molecular formula is C17H23N5O. The maximum Gasteiger partial charge on any atom is 0.219 e. The third-order valence-corrected chi connectivity index (χ3v) is 4.73. The zero-order chi connectivity index (χ0) is 15.8. The summed E-state index contributed by atoms with van der Waals surface area (Å²) >= 11 is 0. The van der Waals surface area contributed by atoms with Gasteiger partial charge in [0.1, 0.15) is 11.6 Å². The van der Waals surface area contributed by atoms with Crippen LogP contribution >= 0.6 is 0 Å². The lowest BCUT2D eigenvalue weighted by Crippen LogP contribution is -2.33. The molecule has 1 saturated carbocycles. The Hall–Kier alpha value is -1.98. The summed E-state index contributed by atoms with van der Waals surface area (Å²) in [5, 5.41) is 8.49. The number of hydrogen-bond acceptors (Lipinski definition) is 6. The van der Waals surface area contributed by atoms with Gasteiger partial charge in [0.05, 0.1) is 0 Å². The topological polar surface area (TPSA) is 67.9 Å². The van der Waals surface area contributed by atoms with Crippen LogP contribution in [0.5, 0.6) is 0 Å². The summed E-state index contributed by atoms with van der Waals surface area (Å²) in [4.78, 5) is 11.4. The van der Waals surface area contributed by atoms with Crippen LogP contribution in [-0.2, 0) is 0 Å². The second-order valence-corrected chi connectivity index (χ2v) is 6.94. The molecule has 0 N–H and O–H groups in total. The monoisotopic (exact) mass is 313 g/mol. The zero-order valence-electron chi connectivity index (χ0n) is 13.8. The third-order valence-electron chi connectivity index (χ3n) is 4.73. The Bertz CT molecular complexity index is 671. The Balaban J connectivity index is 1.41. The van der Waals surface area contributed by atoms with Crippen molar-refractivity contribution in [2.75, 3.05) is 18.0 Å². The molecule has 0 atom stereocenters. The van der Waals surface area contributed by atoms with E-state index in [1.54, 1.807) is 0 Å². The third kappa shape index (κ3) is 3.07. The Morgan fingerprint density at radius 2 is 1.70 bits per heavy atom. The fourth-order valence-corrected chi connectivity index (χ4v) is 3.08. The van der Waals surface area contributed by atoms with Crippen molar-refractivity contribution in [3.63, 3.8) is 0 Å². The summed E-state index contributed by atoms with van der Waals surface area (Å²) in [5.74, 6) is 4.90. The van der Waals surface area contributed by atoms with Gasteiger partial charge in [0, 0.05) is 37.0 Å². The quantitative estimate of drug-likeness (QED) is 0.863. The number of piperidine rings is 1. The molecule has 1 aliphatic heterocycles. The zero-order valence-corrected chi connectivity index (χ0v) is 13.8. The molecule has 1 saturated heterocycles. The molecule has 2 aliphatic rings. The van der Waals surface area contributed by atoms with E-state index in [1.807, 2.05) is 12.3 Å². The maximum absolute atomic E-state index is 5.87. The van der Waals surface area contributed by atoms with Crippen molar-refractivity contribution < 1.29 is 4.42 Å². The van der Waals surface area contributed by atoms with Crippen molar-refractivity contribution in [2.24, 2.45) is 0 Å². The van der Waals surface area contributed by atoms with Crippen molar-refractivity contribution in [1.82, 2.24) is 20.2 Å². The minimum absolute atomic E-state index is 0.353. The van der Waals surface area contributed by atoms with Crippen LogP contribution in [0.15, 0.2) is 16.7 Å². The van der Waals surface area contributed by atoms with Crippen molar-refractivity contribution in [3.8, 4) is 0 Å². The summed E-state index contributed by atoms with van der Waals surface area (Å²) < 4.78 is 5.87. The van der Waals surface area contributed by atoms with Crippen molar-refractivity contribution in [1.29, 1.82) is 0 Å². The molecular weight excluding hydrogens is 290 g/mol. The highest BCUT2D eigenvalue weighted by Gasteiger charge is 2.32. The van der Waals surface area contributed by atoms with Crippen LogP contribution < -0.4 is 4.90 Å². The Morgan fingerprint density at radius 3 is 2.30 bits per heavy atom. The van der Waals surface area contributed by atoms with Crippen molar-refractivity contribution in [3.05, 3.63) is 29.9 Å². The summed E-state index contributed by atoms with van der Waals surface area (Å²) in [5.41, 5.74) is 0. The van der Waals surface area contributed by atoms with Gasteiger partial charge in [-0.2, -0.15) is 0 Å². The van der Waals surface area contributed by atoms with E-state index >= 15 is 0 Å². The molecule has 2 fully saturated rings. The van der Waals surface area contributed by atoms with Gasteiger partial charge in [-0.05, 0) is 31.7 Å². The number of rotatable bonds is 4. The largest absolute Gasteiger partial charge is 0.425 e. The van der Waals surface area contributed by atoms with Crippen LogP contribution in [0, 0.1) is 0 Å². The minimum atomic E-state index is 0.353. The molecule has 0 radical (unpaired) electrons. The smallest absolute Gasteiger partial charge is 0.219 e. The summed E-state index contributed by atoms with van der Waals surface area (Å²) in [6.07, 6.45) is 6.34. The first-order chi connectivity index (χ1) is 11.2. The second kappa shape index (κ2) is 5.91. The Labute approximate surface area is 136 Å². The molecule has 0 bridgehead atoms. The second-order valence-electron chi connectivity index (χ2n) is 6.94. The lowest BCUT2D eigenvalue weighted by molar-refractivity contribution is 0.375. The highest BCUT2D eigenvalue weighted by Crippen LogP contribution is 2.40. The van der Waals surface area contributed by atoms with Gasteiger partial charge < -0.3 is 9.32 Å². The predicted octanol–water partition coefficient (Wildman–Crippen LogP) is 3.24. The highest BCUT2D eigenvalue weighted by atomic mass is 16.4. The van der Waals surface area contributed by atoms with E-state index in [-0.39, 0.29) is 0 Å². The van der Waals surface area contributed by atoms with Gasteiger partial charge in [-0.25, -0.2) is 9.97 Å². The minimum Gasteiger partial charge on any atom is -0.425 e. The normalized spacial score (nSPS) is 19.5. The average Bonchev–Trinajstić information content (AvgIpc) is 3.32. The maximum atomic E-state index is 5.87. The van der Waals surface area contributed by atoms with E-state index in [2.05, 4.69) is 33.9 Å². The molecule has 6 heteroatoms. The van der Waals surface area contributed by atoms with Gasteiger partial charge in [0.2, 0.25) is 11.8 Å². The Morgan fingerprint density at radius 1 is 1.04 bits per heavy atom. The Kier molecular flexibility index (Phi) is 3.75. The number of nitrogens with zero attached hydrogens (tertiary/aromatic N) is 5. The van der Waals surface area contributed by atoms with Gasteiger partial charge in [-0.1, -0.05) is 13.8 Å². The number of aromatic nitrogens is 4. The lowest BCUT2D eigenvalue weighted by Gasteiger charge is -2.31. The van der Waals surface area contributed by atoms with E-state index in [1.165, 1.54) is 12.8 Å². The summed E-state index contributed by atoms with van der Waals surface area (Å²) in [7, 11) is 0. The van der Waals surface area contributed by atoms with E-state index < -0.39 is 0 Å². The van der Waals surface area contributed by atoms with Crippen LogP contribution in [0.4, 0.5) is 5.82 Å². The molecule has 0 aromatic carbocycles. The fourth-order valence-electron chi connectivity index (χ4n) is 3.08. The van der Waals surface area contributed by atoms with Gasteiger partial charge in [-0.3, -0.25) is 0 Å². The van der Waals surface area contributed by atoms with Crippen LogP contribution in [0.25, 0.3) is 0 Å². The van der Waals surface area contributed by atoms with Crippen molar-refractivity contribution in [2.45, 2.75) is 57.3 Å². The van der Waals surface area contributed by atoms with Crippen LogP contribution in [0.1, 0.15) is 74.9 Å². The highest BCUT2D eigenvalue weighted by molar-refractivity contribution is 5.38. The van der Waals surface area contributed by atoms with Crippen molar-refractivity contribution >= 4 is 5.82 Å². The first kappa shape index (κ1) is 14.6. The number of hydrogen-bond donors (Lipinski definition) is 0. The van der Waals surface area contributed by atoms with Crippen LogP contribution in [0.2, 0.25) is 0 Å². The molecule has 2 aromatic rings. The van der Waals surface area contributed by atoms with Gasteiger partial charge >= 0.3 is 0 Å². The molecule has 23 heavy (non-hydrogen) atoms. The molecule has 0 amide bonds. The number of anilines is 1. The van der Waals surface area contributed by atoms with Crippen LogP contribution in [0.3, 0.4) is 0 Å². The lowest BCUT2D eigenvalue weighted by atomic mass is 9.97. The SMILES string of the molecule is CC(C)c1nccc(N2CCC(c3nnc(C4CC4)o3)CC2)n1. The molecule has 0 unspecified atom stereocenters.